The minimum Gasteiger partial charge on any atom is -0.507 e. The van der Waals surface area contributed by atoms with Crippen LogP contribution < -0.4 is 0 Å². The molecule has 12 heteroatoms. The summed E-state index contributed by atoms with van der Waals surface area (Å²) in [5.41, 5.74) is 0.0551. The quantitative estimate of drug-likeness (QED) is 0.179. The van der Waals surface area contributed by atoms with E-state index in [2.05, 4.69) is 9.72 Å². The highest BCUT2D eigenvalue weighted by Crippen LogP contribution is 2.40. The molecule has 0 atom stereocenters. The van der Waals surface area contributed by atoms with Crippen LogP contribution >= 0.6 is 46.4 Å². The number of rotatable bonds is 6. The molecule has 2 heterocycles. The Kier molecular flexibility index (Phi) is 7.30. The van der Waals surface area contributed by atoms with Crippen molar-refractivity contribution in [2.75, 3.05) is 7.11 Å². The molecule has 0 saturated carbocycles. The fraction of sp³-hybridized carbons (Fsp3) is 0.0800. The number of H-pyrrole nitrogens is 1. The first-order chi connectivity index (χ1) is 17.5. The zero-order valence-corrected chi connectivity index (χ0v) is 22.1. The summed E-state index contributed by atoms with van der Waals surface area (Å²) in [6, 6.07) is 9.30. The third-order valence-corrected chi connectivity index (χ3v) is 7.02. The number of esters is 1. The van der Waals surface area contributed by atoms with Crippen LogP contribution in [0.2, 0.25) is 20.4 Å². The number of phenols is 2. The van der Waals surface area contributed by atoms with Gasteiger partial charge in [0, 0.05) is 0 Å². The van der Waals surface area contributed by atoms with Crippen LogP contribution in [-0.4, -0.2) is 44.4 Å². The predicted molar refractivity (Wildman–Crippen MR) is 139 cm³/mol. The van der Waals surface area contributed by atoms with E-state index in [4.69, 9.17) is 46.4 Å². The molecular weight excluding hydrogens is 566 g/mol. The van der Waals surface area contributed by atoms with Gasteiger partial charge in [0.1, 0.15) is 32.5 Å². The summed E-state index contributed by atoms with van der Waals surface area (Å²) in [4.78, 5) is 41.4. The number of benzene rings is 2. The van der Waals surface area contributed by atoms with Gasteiger partial charge in [-0.2, -0.15) is 0 Å². The maximum absolute atomic E-state index is 13.5. The van der Waals surface area contributed by atoms with Gasteiger partial charge < -0.3 is 19.9 Å². The molecule has 190 valence electrons. The second-order valence-corrected chi connectivity index (χ2v) is 9.40. The number of nitrogens with zero attached hydrogens (tertiary/aromatic N) is 1. The van der Waals surface area contributed by atoms with Crippen molar-refractivity contribution in [3.8, 4) is 17.2 Å². The summed E-state index contributed by atoms with van der Waals surface area (Å²) < 4.78 is 5.73. The molecule has 0 radical (unpaired) electrons. The van der Waals surface area contributed by atoms with E-state index in [1.807, 2.05) is 0 Å². The Labute approximate surface area is 229 Å². The van der Waals surface area contributed by atoms with Gasteiger partial charge in [-0.1, -0.05) is 52.5 Å². The van der Waals surface area contributed by atoms with Crippen LogP contribution in [0.4, 0.5) is 0 Å². The third-order valence-electron chi connectivity index (χ3n) is 5.51. The van der Waals surface area contributed by atoms with E-state index >= 15 is 0 Å². The molecular formula is C25H16Cl4N2O6. The minimum atomic E-state index is -0.757. The number of carbonyl (C=O) groups excluding carboxylic acids is 3. The zero-order chi connectivity index (χ0) is 27.2. The molecule has 0 unspecified atom stereocenters. The smallest absolute Gasteiger partial charge is 0.337 e. The van der Waals surface area contributed by atoms with Crippen LogP contribution in [-0.2, 0) is 4.74 Å². The number of aromatic nitrogens is 2. The molecule has 0 amide bonds. The Balaban J connectivity index is 1.90. The number of aromatic hydroxyl groups is 2. The van der Waals surface area contributed by atoms with E-state index in [-0.39, 0.29) is 59.9 Å². The number of ketones is 2. The lowest BCUT2D eigenvalue weighted by Gasteiger charge is -2.13. The monoisotopic (exact) mass is 580 g/mol. The molecule has 4 aromatic rings. The van der Waals surface area contributed by atoms with E-state index in [0.717, 1.165) is 16.2 Å². The second kappa shape index (κ2) is 10.1. The molecule has 0 spiro atoms. The van der Waals surface area contributed by atoms with Gasteiger partial charge in [0.15, 0.2) is 0 Å². The molecule has 0 aliphatic carbocycles. The van der Waals surface area contributed by atoms with E-state index in [1.54, 1.807) is 13.0 Å². The lowest BCUT2D eigenvalue weighted by atomic mass is 10.0. The van der Waals surface area contributed by atoms with E-state index in [1.165, 1.54) is 37.4 Å². The van der Waals surface area contributed by atoms with E-state index in [9.17, 15) is 24.6 Å². The summed E-state index contributed by atoms with van der Waals surface area (Å²) in [7, 11) is 1.18. The van der Waals surface area contributed by atoms with Crippen LogP contribution in [0.5, 0.6) is 11.5 Å². The van der Waals surface area contributed by atoms with E-state index in [0.29, 0.717) is 0 Å². The number of aryl methyl sites for hydroxylation is 1. The molecule has 2 aromatic heterocycles. The maximum atomic E-state index is 13.5. The van der Waals surface area contributed by atoms with Crippen molar-refractivity contribution in [2.24, 2.45) is 0 Å². The fourth-order valence-electron chi connectivity index (χ4n) is 3.73. The molecule has 8 nitrogen and oxygen atoms in total. The van der Waals surface area contributed by atoms with Gasteiger partial charge in [0.2, 0.25) is 11.6 Å². The topological polar surface area (TPSA) is 122 Å². The van der Waals surface area contributed by atoms with Crippen LogP contribution in [0.25, 0.3) is 5.69 Å². The first-order valence-corrected chi connectivity index (χ1v) is 11.9. The number of phenolic OH excluding ortho intramolecular Hbond substituents is 2. The molecule has 2 aromatic carbocycles. The standard InChI is InChI=1S/C25H16Cl4N2O6/c1-10-3-5-13(16(32)7-10)22(35)19-20(18(27)23(28)30-19)31-15(9-14(26)24(31)29)21(34)12-6-4-11(8-17(12)33)25(36)37-2/h3-9,30,32-33H,1-2H3. The Morgan fingerprint density at radius 2 is 1.51 bits per heavy atom. The third kappa shape index (κ3) is 4.69. The molecule has 37 heavy (non-hydrogen) atoms. The van der Waals surface area contributed by atoms with Crippen molar-refractivity contribution in [3.05, 3.63) is 96.5 Å². The Morgan fingerprint density at radius 1 is 0.892 bits per heavy atom. The number of aromatic amines is 1. The first kappa shape index (κ1) is 26.6. The predicted octanol–water partition coefficient (Wildman–Crippen LogP) is 6.39. The average Bonchev–Trinajstić information content (AvgIpc) is 3.32. The highest BCUT2D eigenvalue weighted by Gasteiger charge is 2.31. The highest BCUT2D eigenvalue weighted by molar-refractivity contribution is 6.45. The van der Waals surface area contributed by atoms with Gasteiger partial charge >= 0.3 is 5.97 Å². The number of ether oxygens (including phenoxy) is 1. The van der Waals surface area contributed by atoms with Gasteiger partial charge in [-0.25, -0.2) is 4.79 Å². The van der Waals surface area contributed by atoms with Crippen molar-refractivity contribution < 1.29 is 29.3 Å². The summed E-state index contributed by atoms with van der Waals surface area (Å²) in [5.74, 6) is -2.94. The summed E-state index contributed by atoms with van der Waals surface area (Å²) in [6.45, 7) is 1.74. The molecule has 0 saturated heterocycles. The molecule has 0 aliphatic heterocycles. The van der Waals surface area contributed by atoms with Crippen LogP contribution in [0.1, 0.15) is 48.0 Å². The molecule has 4 rings (SSSR count). The van der Waals surface area contributed by atoms with Crippen molar-refractivity contribution in [1.29, 1.82) is 0 Å². The average molecular weight is 582 g/mol. The van der Waals surface area contributed by atoms with Crippen molar-refractivity contribution in [1.82, 2.24) is 9.55 Å². The minimum absolute atomic E-state index is 0.0225. The van der Waals surface area contributed by atoms with Gasteiger partial charge in [0.05, 0.1) is 40.2 Å². The van der Waals surface area contributed by atoms with Gasteiger partial charge in [-0.3, -0.25) is 14.2 Å². The van der Waals surface area contributed by atoms with Crippen LogP contribution in [0.3, 0.4) is 0 Å². The van der Waals surface area contributed by atoms with Crippen LogP contribution in [0, 0.1) is 6.92 Å². The summed E-state index contributed by atoms with van der Waals surface area (Å²) >= 11 is 25.3. The van der Waals surface area contributed by atoms with Gasteiger partial charge in [-0.05, 0) is 48.9 Å². The zero-order valence-electron chi connectivity index (χ0n) is 19.0. The largest absolute Gasteiger partial charge is 0.507 e. The fourth-order valence-corrected chi connectivity index (χ4v) is 4.56. The number of methoxy groups -OCH3 is 1. The summed E-state index contributed by atoms with van der Waals surface area (Å²) in [5, 5.41) is 20.3. The number of halogens is 4. The van der Waals surface area contributed by atoms with Crippen molar-refractivity contribution in [2.45, 2.75) is 6.92 Å². The Bertz CT molecular complexity index is 1610. The van der Waals surface area contributed by atoms with Gasteiger partial charge in [0.25, 0.3) is 0 Å². The number of hydrogen-bond acceptors (Lipinski definition) is 6. The van der Waals surface area contributed by atoms with E-state index < -0.39 is 23.3 Å². The Morgan fingerprint density at radius 3 is 2.14 bits per heavy atom. The SMILES string of the molecule is COC(=O)c1ccc(C(=O)c2cc(Cl)c(Cl)n2-c2c(C(=O)c3ccc(C)cc3O)[nH]c(Cl)c2Cl)c(O)c1. The number of nitrogens with one attached hydrogen (secondary N) is 1. The lowest BCUT2D eigenvalue weighted by Crippen LogP contribution is -2.13. The maximum Gasteiger partial charge on any atom is 0.337 e. The van der Waals surface area contributed by atoms with Crippen molar-refractivity contribution in [3.63, 3.8) is 0 Å². The molecule has 0 fully saturated rings. The summed E-state index contributed by atoms with van der Waals surface area (Å²) in [6.07, 6.45) is 0. The Hall–Kier alpha value is -3.43. The van der Waals surface area contributed by atoms with Crippen molar-refractivity contribution >= 4 is 63.9 Å². The second-order valence-electron chi connectivity index (χ2n) is 7.88. The van der Waals surface area contributed by atoms with Gasteiger partial charge in [-0.15, -0.1) is 0 Å². The highest BCUT2D eigenvalue weighted by atomic mass is 35.5. The van der Waals surface area contributed by atoms with Crippen LogP contribution in [0.15, 0.2) is 42.5 Å². The normalized spacial score (nSPS) is 11.0. The molecule has 0 aliphatic rings. The first-order valence-electron chi connectivity index (χ1n) is 10.4. The number of hydrogen-bond donors (Lipinski definition) is 3. The molecule has 0 bridgehead atoms. The number of carbonyl (C=O) groups is 3. The lowest BCUT2D eigenvalue weighted by molar-refractivity contribution is 0.0599. The molecule has 3 N–H and O–H groups in total.